The molecule has 0 aromatic heterocycles. The Bertz CT molecular complexity index is 1680. The van der Waals surface area contributed by atoms with E-state index in [0.29, 0.717) is 32.5 Å². The lowest BCUT2D eigenvalue weighted by Gasteiger charge is -3.41. The van der Waals surface area contributed by atoms with Crippen LogP contribution in [0.4, 0.5) is 0 Å². The summed E-state index contributed by atoms with van der Waals surface area (Å²) in [5.41, 5.74) is 10.9. The minimum Gasteiger partial charge on any atom is -0.0617 e. The third kappa shape index (κ3) is 0.535. The molecular weight excluding hydrogens is 456 g/mol. The molecule has 196 valence electrons. The molecule has 0 aromatic carbocycles. The van der Waals surface area contributed by atoms with Gasteiger partial charge in [0.15, 0.2) is 0 Å². The molecule has 0 heterocycles. The monoisotopic (exact) mass is 500 g/mol. The molecular formula is C38H44. The van der Waals surface area contributed by atoms with Crippen LogP contribution < -0.4 is 0 Å². The second kappa shape index (κ2) is 3.12. The molecule has 17 saturated carbocycles. The molecule has 7 spiro atoms. The summed E-state index contributed by atoms with van der Waals surface area (Å²) in [6.45, 7) is 23.8. The lowest BCUT2D eigenvalue weighted by Crippen LogP contribution is -3.40. The average molecular weight is 501 g/mol. The van der Waals surface area contributed by atoms with Crippen molar-refractivity contribution < 1.29 is 0 Å². The van der Waals surface area contributed by atoms with Crippen molar-refractivity contribution in [3.05, 3.63) is 0 Å². The molecule has 0 amide bonds. The maximum absolute atomic E-state index is 3.05. The fourth-order valence-corrected chi connectivity index (χ4v) is 31.0. The first-order valence-electron chi connectivity index (χ1n) is 18.0. The molecule has 17 aliphatic carbocycles. The fourth-order valence-electron chi connectivity index (χ4n) is 31.0. The van der Waals surface area contributed by atoms with E-state index in [-0.39, 0.29) is 0 Å². The summed E-state index contributed by atoms with van der Waals surface area (Å²) < 4.78 is 0. The maximum atomic E-state index is 3.05. The van der Waals surface area contributed by atoms with Gasteiger partial charge < -0.3 is 0 Å². The molecule has 0 heteroatoms. The smallest absolute Gasteiger partial charge is 0.00566 e. The molecule has 17 rings (SSSR count). The standard InChI is InChI=1S/C38H44/c1-13-16-12-17-20-22-24-23-21-19-14-10-9-11-15-18(14)33(19)26(15,3)28(5)30(7)31(8)29(6)27(4)25(13,2)32(16,17)34(20,27)36(22,29)38(24,31)37(23,30)35(21,28)33/h13-24H,9-12H2,1-8H3. The highest BCUT2D eigenvalue weighted by Crippen LogP contribution is 3.43. The summed E-state index contributed by atoms with van der Waals surface area (Å²) in [7, 11) is 0. The summed E-state index contributed by atoms with van der Waals surface area (Å²) in [5.74, 6) is 14.3. The van der Waals surface area contributed by atoms with Gasteiger partial charge in [-0.1, -0.05) is 61.8 Å². The Balaban J connectivity index is 1.01. The summed E-state index contributed by atoms with van der Waals surface area (Å²) in [6, 6.07) is 0. The van der Waals surface area contributed by atoms with Crippen LogP contribution >= 0.6 is 0 Å². The average Bonchev–Trinajstić information content (AvgIpc) is 2.86. The first kappa shape index (κ1) is 17.8. The highest BCUT2D eigenvalue weighted by atomic mass is 15.4. The summed E-state index contributed by atoms with van der Waals surface area (Å²) >= 11 is 0. The van der Waals surface area contributed by atoms with Crippen molar-refractivity contribution in [1.29, 1.82) is 0 Å². The molecule has 0 aliphatic heterocycles. The van der Waals surface area contributed by atoms with E-state index >= 15 is 0 Å². The van der Waals surface area contributed by atoms with Gasteiger partial charge in [0.05, 0.1) is 0 Å². The van der Waals surface area contributed by atoms with E-state index in [1.165, 1.54) is 53.3 Å². The Kier molecular flexibility index (Phi) is 1.46. The quantitative estimate of drug-likeness (QED) is 0.332. The minimum atomic E-state index is 0.656. The molecule has 17 fully saturated rings. The minimum absolute atomic E-state index is 0.656. The van der Waals surface area contributed by atoms with E-state index in [4.69, 9.17) is 0 Å². The van der Waals surface area contributed by atoms with Gasteiger partial charge in [-0.05, 0) is 166 Å². The molecule has 0 nitrogen and oxygen atoms in total. The molecule has 0 N–H and O–H groups in total. The Labute approximate surface area is 227 Å². The van der Waals surface area contributed by atoms with Crippen molar-refractivity contribution >= 4 is 0 Å². The van der Waals surface area contributed by atoms with Crippen LogP contribution in [0.25, 0.3) is 0 Å². The van der Waals surface area contributed by atoms with Crippen LogP contribution in [0.2, 0.25) is 0 Å². The van der Waals surface area contributed by atoms with Crippen molar-refractivity contribution in [3.8, 4) is 0 Å². The zero-order valence-corrected chi connectivity index (χ0v) is 24.8. The van der Waals surface area contributed by atoms with Gasteiger partial charge in [0.2, 0.25) is 0 Å². The van der Waals surface area contributed by atoms with Gasteiger partial charge in [-0.3, -0.25) is 0 Å². The number of hydrogen-bond donors (Lipinski definition) is 0. The largest absolute Gasteiger partial charge is 0.0617 e. The second-order valence-corrected chi connectivity index (χ2v) is 21.9. The van der Waals surface area contributed by atoms with Crippen LogP contribution in [0, 0.1) is 147 Å². The first-order chi connectivity index (χ1) is 18.0. The van der Waals surface area contributed by atoms with E-state index < -0.39 is 0 Å². The first-order valence-corrected chi connectivity index (χ1v) is 18.0. The Morgan fingerprint density at radius 2 is 1.00 bits per heavy atom. The lowest BCUT2D eigenvalue weighted by atomic mass is 8.61. The summed E-state index contributed by atoms with van der Waals surface area (Å²) in [4.78, 5) is 0. The normalized spacial score (nSPS) is 108. The number of fused-ring (bicyclic) bond motifs is 14. The van der Waals surface area contributed by atoms with Crippen LogP contribution in [0.1, 0.15) is 81.1 Å². The SMILES string of the molecule is CC1C2CC3C4C5C6C7C8C9C%10CCCC%11C%10C9%10C%11(C)C9(C)C%11(C)C%12(C)C%13(C)C%14(C)C1(C)C23C4%14C5%13C6%12C7%11C8%109. The van der Waals surface area contributed by atoms with Gasteiger partial charge in [0.25, 0.3) is 0 Å². The van der Waals surface area contributed by atoms with Gasteiger partial charge in [-0.2, -0.15) is 0 Å². The Morgan fingerprint density at radius 3 is 1.71 bits per heavy atom. The second-order valence-electron chi connectivity index (χ2n) is 21.9. The van der Waals surface area contributed by atoms with Gasteiger partial charge in [0, 0.05) is 0 Å². The van der Waals surface area contributed by atoms with Crippen molar-refractivity contribution in [3.63, 3.8) is 0 Å². The van der Waals surface area contributed by atoms with Gasteiger partial charge in [0.1, 0.15) is 0 Å². The Morgan fingerprint density at radius 1 is 0.447 bits per heavy atom. The van der Waals surface area contributed by atoms with Crippen molar-refractivity contribution in [2.24, 2.45) is 147 Å². The van der Waals surface area contributed by atoms with Crippen molar-refractivity contribution in [2.75, 3.05) is 0 Å². The van der Waals surface area contributed by atoms with Crippen LogP contribution in [-0.4, -0.2) is 0 Å². The summed E-state index contributed by atoms with van der Waals surface area (Å²) in [6.07, 6.45) is 6.53. The topological polar surface area (TPSA) is 0 Å². The van der Waals surface area contributed by atoms with Crippen molar-refractivity contribution in [1.82, 2.24) is 0 Å². The van der Waals surface area contributed by atoms with Crippen LogP contribution in [-0.2, 0) is 0 Å². The van der Waals surface area contributed by atoms with Crippen LogP contribution in [0.15, 0.2) is 0 Å². The molecule has 26 atom stereocenters. The fraction of sp³-hybridized carbons (Fsp3) is 1.00. The van der Waals surface area contributed by atoms with E-state index in [9.17, 15) is 0 Å². The van der Waals surface area contributed by atoms with E-state index in [1.54, 1.807) is 25.7 Å². The molecule has 0 saturated heterocycles. The Hall–Kier alpha value is 0. The van der Waals surface area contributed by atoms with Crippen LogP contribution in [0.5, 0.6) is 0 Å². The predicted molar refractivity (Wildman–Crippen MR) is 140 cm³/mol. The summed E-state index contributed by atoms with van der Waals surface area (Å²) in [5, 5.41) is 0. The third-order valence-electron chi connectivity index (χ3n) is 27.8. The highest BCUT2D eigenvalue weighted by molar-refractivity contribution is 5.86. The van der Waals surface area contributed by atoms with E-state index in [0.717, 1.165) is 61.1 Å². The maximum Gasteiger partial charge on any atom is -0.00566 e. The van der Waals surface area contributed by atoms with Crippen molar-refractivity contribution in [2.45, 2.75) is 81.1 Å². The third-order valence-corrected chi connectivity index (χ3v) is 27.8. The molecule has 0 radical (unpaired) electrons. The van der Waals surface area contributed by atoms with Gasteiger partial charge in [-0.15, -0.1) is 0 Å². The van der Waals surface area contributed by atoms with E-state index in [1.807, 2.05) is 0 Å². The predicted octanol–water partition coefficient (Wildman–Crippen LogP) is 7.14. The van der Waals surface area contributed by atoms with Gasteiger partial charge in [-0.25, -0.2) is 0 Å². The zero-order valence-electron chi connectivity index (χ0n) is 24.8. The highest BCUT2D eigenvalue weighted by Gasteiger charge is 3.41. The zero-order chi connectivity index (χ0) is 24.8. The molecule has 0 aromatic rings. The molecule has 26 unspecified atom stereocenters. The number of rotatable bonds is 0. The van der Waals surface area contributed by atoms with Crippen LogP contribution in [0.3, 0.4) is 0 Å². The number of hydrogen-bond acceptors (Lipinski definition) is 0. The molecule has 38 heavy (non-hydrogen) atoms. The molecule has 0 bridgehead atoms. The molecule has 17 aliphatic rings. The van der Waals surface area contributed by atoms with E-state index in [2.05, 4.69) is 55.4 Å². The van der Waals surface area contributed by atoms with Gasteiger partial charge >= 0.3 is 0 Å². The lowest BCUT2D eigenvalue weighted by molar-refractivity contribution is -0.965.